The van der Waals surface area contributed by atoms with E-state index < -0.39 is 4.92 Å². The van der Waals surface area contributed by atoms with E-state index in [1.165, 1.54) is 0 Å². The van der Waals surface area contributed by atoms with E-state index in [1.54, 1.807) is 0 Å². The lowest BCUT2D eigenvalue weighted by atomic mass is 10.1. The van der Waals surface area contributed by atoms with Gasteiger partial charge in [0.1, 0.15) is 5.70 Å². The summed E-state index contributed by atoms with van der Waals surface area (Å²) in [4.78, 5) is 20.2. The molecule has 0 unspecified atom stereocenters. The van der Waals surface area contributed by atoms with Gasteiger partial charge < -0.3 is 5.32 Å². The number of hydrogen-bond acceptors (Lipinski definition) is 4. The Labute approximate surface area is 63.2 Å². The number of ketones is 1. The number of rotatable bonds is 1. The molecule has 0 aromatic heterocycles. The highest BCUT2D eigenvalue weighted by molar-refractivity contribution is 5.95. The summed E-state index contributed by atoms with van der Waals surface area (Å²) in [6.45, 7) is 0.644. The summed E-state index contributed by atoms with van der Waals surface area (Å²) in [5, 5.41) is 12.6. The predicted octanol–water partition coefficient (Wildman–Crippen LogP) is 0.0570. The third kappa shape index (κ3) is 2.03. The Morgan fingerprint density at radius 3 is 2.91 bits per heavy atom. The Balaban J connectivity index is 2.68. The van der Waals surface area contributed by atoms with Gasteiger partial charge in [-0.25, -0.2) is 0 Å². The summed E-state index contributed by atoms with van der Waals surface area (Å²) in [6.07, 6.45) is 1.89. The second-order valence-electron chi connectivity index (χ2n) is 2.28. The van der Waals surface area contributed by atoms with E-state index in [9.17, 15) is 14.9 Å². The largest absolute Gasteiger partial charge is 0.377 e. The van der Waals surface area contributed by atoms with Crippen molar-refractivity contribution in [1.82, 2.24) is 5.32 Å². The zero-order chi connectivity index (χ0) is 8.27. The predicted molar refractivity (Wildman–Crippen MR) is 37.3 cm³/mol. The highest BCUT2D eigenvalue weighted by atomic mass is 16.6. The molecule has 0 radical (unpaired) electrons. The van der Waals surface area contributed by atoms with Crippen LogP contribution in [-0.2, 0) is 4.79 Å². The normalized spacial score (nSPS) is 21.5. The van der Waals surface area contributed by atoms with Crippen molar-refractivity contribution in [3.63, 3.8) is 0 Å². The molecule has 0 amide bonds. The lowest BCUT2D eigenvalue weighted by molar-refractivity contribution is -0.403. The van der Waals surface area contributed by atoms with E-state index >= 15 is 0 Å². The Kier molecular flexibility index (Phi) is 2.20. The summed E-state index contributed by atoms with van der Waals surface area (Å²) < 4.78 is 0. The van der Waals surface area contributed by atoms with Crippen LogP contribution in [0.3, 0.4) is 0 Å². The first-order valence-corrected chi connectivity index (χ1v) is 3.32. The van der Waals surface area contributed by atoms with Crippen molar-refractivity contribution in [2.24, 2.45) is 0 Å². The number of hydrogen-bond donors (Lipinski definition) is 1. The molecule has 1 N–H and O–H groups in total. The van der Waals surface area contributed by atoms with Crippen molar-refractivity contribution >= 4 is 5.78 Å². The first kappa shape index (κ1) is 7.71. The molecule has 0 aliphatic carbocycles. The smallest absolute Gasteiger partial charge is 0.261 e. The average molecular weight is 156 g/mol. The second-order valence-corrected chi connectivity index (χ2v) is 2.28. The van der Waals surface area contributed by atoms with E-state index in [1.807, 2.05) is 0 Å². The van der Waals surface area contributed by atoms with Crippen LogP contribution in [0.5, 0.6) is 0 Å². The standard InChI is InChI=1S/C6H8N2O3/c9-6-2-1-3-7-5(6)4-8(10)11/h4,7H,1-3H2. The molecule has 0 atom stereocenters. The highest BCUT2D eigenvalue weighted by Gasteiger charge is 2.16. The summed E-state index contributed by atoms with van der Waals surface area (Å²) >= 11 is 0. The summed E-state index contributed by atoms with van der Waals surface area (Å²) in [6, 6.07) is 0. The molecule has 1 saturated heterocycles. The topological polar surface area (TPSA) is 72.2 Å². The van der Waals surface area contributed by atoms with Gasteiger partial charge in [0.25, 0.3) is 6.20 Å². The van der Waals surface area contributed by atoms with Crippen LogP contribution >= 0.6 is 0 Å². The van der Waals surface area contributed by atoms with E-state index in [-0.39, 0.29) is 11.5 Å². The molecule has 0 aromatic rings. The Hall–Kier alpha value is -1.39. The number of nitrogens with one attached hydrogen (secondary N) is 1. The van der Waals surface area contributed by atoms with Crippen LogP contribution in [0, 0.1) is 10.1 Å². The molecule has 1 fully saturated rings. The number of carbonyl (C=O) groups is 1. The van der Waals surface area contributed by atoms with Gasteiger partial charge in [0.2, 0.25) is 0 Å². The minimum Gasteiger partial charge on any atom is -0.377 e. The summed E-state index contributed by atoms with van der Waals surface area (Å²) in [5.74, 6) is -0.173. The van der Waals surface area contributed by atoms with Crippen molar-refractivity contribution in [1.29, 1.82) is 0 Å². The maximum Gasteiger partial charge on any atom is 0.261 e. The van der Waals surface area contributed by atoms with Crippen molar-refractivity contribution in [2.75, 3.05) is 6.54 Å². The van der Waals surface area contributed by atoms with Crippen LogP contribution in [0.25, 0.3) is 0 Å². The maximum absolute atomic E-state index is 10.9. The zero-order valence-electron chi connectivity index (χ0n) is 5.87. The van der Waals surface area contributed by atoms with Gasteiger partial charge in [0.15, 0.2) is 5.78 Å². The van der Waals surface area contributed by atoms with Gasteiger partial charge >= 0.3 is 0 Å². The molecule has 1 aliphatic heterocycles. The maximum atomic E-state index is 10.9. The molecule has 5 heteroatoms. The SMILES string of the molecule is O=C1CCCNC1=C[N+](=O)[O-]. The molecular formula is C6H8N2O3. The molecule has 0 spiro atoms. The number of Topliss-reactive ketones (excluding diaryl/α,β-unsaturated/α-hetero) is 1. The monoisotopic (exact) mass is 156 g/mol. The molecule has 0 aromatic carbocycles. The number of piperidine rings is 1. The average Bonchev–Trinajstić information content (AvgIpc) is 1.93. The van der Waals surface area contributed by atoms with Crippen molar-refractivity contribution < 1.29 is 9.72 Å². The third-order valence-electron chi connectivity index (χ3n) is 1.43. The Bertz CT molecular complexity index is 222. The molecule has 5 nitrogen and oxygen atoms in total. The van der Waals surface area contributed by atoms with Crippen molar-refractivity contribution in [2.45, 2.75) is 12.8 Å². The van der Waals surface area contributed by atoms with Crippen molar-refractivity contribution in [3.8, 4) is 0 Å². The fraction of sp³-hybridized carbons (Fsp3) is 0.500. The van der Waals surface area contributed by atoms with Gasteiger partial charge in [0.05, 0.1) is 4.92 Å². The molecular weight excluding hydrogens is 148 g/mol. The number of nitrogens with zero attached hydrogens (tertiary/aromatic N) is 1. The number of nitro groups is 1. The first-order chi connectivity index (χ1) is 5.20. The minimum absolute atomic E-state index is 0.126. The summed E-state index contributed by atoms with van der Waals surface area (Å²) in [7, 11) is 0. The van der Waals surface area contributed by atoms with Crippen LogP contribution in [0.15, 0.2) is 11.9 Å². The van der Waals surface area contributed by atoms with Crippen LogP contribution < -0.4 is 5.32 Å². The van der Waals surface area contributed by atoms with E-state index in [0.29, 0.717) is 13.0 Å². The molecule has 1 aliphatic rings. The van der Waals surface area contributed by atoms with Gasteiger partial charge in [-0.2, -0.15) is 0 Å². The summed E-state index contributed by atoms with van der Waals surface area (Å²) in [5.41, 5.74) is 0.126. The molecule has 60 valence electrons. The van der Waals surface area contributed by atoms with Gasteiger partial charge in [-0.3, -0.25) is 14.9 Å². The Morgan fingerprint density at radius 1 is 1.64 bits per heavy atom. The molecule has 11 heavy (non-hydrogen) atoms. The third-order valence-corrected chi connectivity index (χ3v) is 1.43. The zero-order valence-corrected chi connectivity index (χ0v) is 5.87. The van der Waals surface area contributed by atoms with Crippen LogP contribution in [-0.4, -0.2) is 17.3 Å². The number of allylic oxidation sites excluding steroid dienone is 1. The van der Waals surface area contributed by atoms with Gasteiger partial charge in [-0.1, -0.05) is 0 Å². The van der Waals surface area contributed by atoms with E-state index in [0.717, 1.165) is 12.6 Å². The van der Waals surface area contributed by atoms with Gasteiger partial charge in [-0.05, 0) is 6.42 Å². The molecule has 1 heterocycles. The van der Waals surface area contributed by atoms with E-state index in [4.69, 9.17) is 0 Å². The van der Waals surface area contributed by atoms with E-state index in [2.05, 4.69) is 5.32 Å². The molecule has 1 rings (SSSR count). The number of carbonyl (C=O) groups excluding carboxylic acids is 1. The lowest BCUT2D eigenvalue weighted by Gasteiger charge is -2.12. The first-order valence-electron chi connectivity index (χ1n) is 3.32. The molecule has 0 saturated carbocycles. The van der Waals surface area contributed by atoms with Gasteiger partial charge in [-0.15, -0.1) is 0 Å². The van der Waals surface area contributed by atoms with Crippen LogP contribution in [0.1, 0.15) is 12.8 Å². The highest BCUT2D eigenvalue weighted by Crippen LogP contribution is 2.05. The Morgan fingerprint density at radius 2 is 2.36 bits per heavy atom. The second kappa shape index (κ2) is 3.14. The molecule has 0 bridgehead atoms. The van der Waals surface area contributed by atoms with Gasteiger partial charge in [0, 0.05) is 13.0 Å². The van der Waals surface area contributed by atoms with Crippen LogP contribution in [0.2, 0.25) is 0 Å². The quantitative estimate of drug-likeness (QED) is 0.331. The fourth-order valence-corrected chi connectivity index (χ4v) is 0.928. The minimum atomic E-state index is -0.619. The fourth-order valence-electron chi connectivity index (χ4n) is 0.928. The van der Waals surface area contributed by atoms with Crippen LogP contribution in [0.4, 0.5) is 0 Å². The van der Waals surface area contributed by atoms with Crippen molar-refractivity contribution in [3.05, 3.63) is 22.0 Å². The lowest BCUT2D eigenvalue weighted by Crippen LogP contribution is -2.28.